The molecule has 310 valence electrons. The van der Waals surface area contributed by atoms with E-state index in [1.165, 1.54) is 7.11 Å². The van der Waals surface area contributed by atoms with Gasteiger partial charge in [-0.15, -0.1) is 0 Å². The number of imidazole rings is 2. The van der Waals surface area contributed by atoms with E-state index in [9.17, 15) is 14.4 Å². The minimum atomic E-state index is -0.705. The summed E-state index contributed by atoms with van der Waals surface area (Å²) < 4.78 is 17.0. The Morgan fingerprint density at radius 1 is 0.966 bits per heavy atom. The average molecular weight is 802 g/mol. The molecule has 0 bridgehead atoms. The summed E-state index contributed by atoms with van der Waals surface area (Å²) in [4.78, 5) is 60.8. The zero-order valence-corrected chi connectivity index (χ0v) is 34.7. The number of methoxy groups -OCH3 is 1. The maximum Gasteiger partial charge on any atom is 0.407 e. The molecule has 2 aromatic heterocycles. The first-order valence-corrected chi connectivity index (χ1v) is 21.4. The van der Waals surface area contributed by atoms with Crippen LogP contribution in [-0.4, -0.2) is 86.1 Å². The molecule has 13 heteroatoms. The molecule has 0 aliphatic carbocycles. The van der Waals surface area contributed by atoms with E-state index in [0.717, 1.165) is 119 Å². The van der Waals surface area contributed by atoms with Crippen molar-refractivity contribution in [3.8, 4) is 28.1 Å². The number of nitrogens with zero attached hydrogens (tertiary/aromatic N) is 4. The highest BCUT2D eigenvalue weighted by Gasteiger charge is 2.42. The van der Waals surface area contributed by atoms with E-state index in [-0.39, 0.29) is 47.8 Å². The van der Waals surface area contributed by atoms with Gasteiger partial charge in [-0.2, -0.15) is 0 Å². The monoisotopic (exact) mass is 801 g/mol. The van der Waals surface area contributed by atoms with Gasteiger partial charge >= 0.3 is 6.09 Å². The fourth-order valence-electron chi connectivity index (χ4n) is 10.0. The SMILES string of the molecule is CC[C@H]1CC[C@@H](c2nc3ccc4cc5c(cc4c3[nH]2)OCc2cc(-c3cnc([C@@H]4CC[C@H](C)N4C(=O)C(NC(=O)OC)C(C)C)[nH]3)ccc2-5)N1C(=O)C[C@H]1CCCOC1. The molecule has 0 radical (unpaired) electrons. The number of aromatic nitrogens is 4. The van der Waals surface area contributed by atoms with Gasteiger partial charge in [0, 0.05) is 42.7 Å². The molecule has 6 atom stereocenters. The summed E-state index contributed by atoms with van der Waals surface area (Å²) >= 11 is 0. The number of H-pyrrole nitrogens is 2. The van der Waals surface area contributed by atoms with Crippen molar-refractivity contribution in [3.63, 3.8) is 0 Å². The van der Waals surface area contributed by atoms with Crippen LogP contribution in [0.25, 0.3) is 44.2 Å². The third-order valence-corrected chi connectivity index (χ3v) is 13.2. The van der Waals surface area contributed by atoms with Gasteiger partial charge < -0.3 is 39.3 Å². The normalized spacial score (nSPS) is 23.3. The van der Waals surface area contributed by atoms with Gasteiger partial charge in [0.05, 0.1) is 42.1 Å². The topological polar surface area (TPSA) is 155 Å². The van der Waals surface area contributed by atoms with Crippen molar-refractivity contribution in [1.82, 2.24) is 35.1 Å². The largest absolute Gasteiger partial charge is 0.488 e. The molecule has 4 aliphatic rings. The first-order chi connectivity index (χ1) is 28.6. The number of fused-ring (bicyclic) bond motifs is 6. The summed E-state index contributed by atoms with van der Waals surface area (Å²) in [6.07, 6.45) is 8.22. The van der Waals surface area contributed by atoms with E-state index < -0.39 is 12.1 Å². The predicted octanol–water partition coefficient (Wildman–Crippen LogP) is 8.36. The highest BCUT2D eigenvalue weighted by molar-refractivity contribution is 6.07. The summed E-state index contributed by atoms with van der Waals surface area (Å²) in [5, 5.41) is 4.86. The smallest absolute Gasteiger partial charge is 0.407 e. The van der Waals surface area contributed by atoms with Crippen LogP contribution >= 0.6 is 0 Å². The number of hydrogen-bond acceptors (Lipinski definition) is 8. The quantitative estimate of drug-likeness (QED) is 0.134. The second-order valence-corrected chi connectivity index (χ2v) is 17.3. The van der Waals surface area contributed by atoms with Crippen LogP contribution in [0.5, 0.6) is 5.75 Å². The molecule has 6 heterocycles. The lowest BCUT2D eigenvalue weighted by Gasteiger charge is -2.32. The van der Waals surface area contributed by atoms with Crippen molar-refractivity contribution in [3.05, 3.63) is 65.9 Å². The Balaban J connectivity index is 0.961. The molecule has 3 amide bonds. The summed E-state index contributed by atoms with van der Waals surface area (Å²) in [7, 11) is 1.30. The molecule has 3 saturated heterocycles. The number of aromatic amines is 2. The molecule has 1 unspecified atom stereocenters. The van der Waals surface area contributed by atoms with E-state index in [1.807, 2.05) is 31.9 Å². The van der Waals surface area contributed by atoms with E-state index in [1.54, 1.807) is 0 Å². The highest BCUT2D eigenvalue weighted by atomic mass is 16.5. The number of carbonyl (C=O) groups is 3. The summed E-state index contributed by atoms with van der Waals surface area (Å²) in [5.41, 5.74) is 6.92. The van der Waals surface area contributed by atoms with E-state index in [2.05, 4.69) is 69.6 Å². The highest BCUT2D eigenvalue weighted by Crippen LogP contribution is 2.44. The lowest BCUT2D eigenvalue weighted by molar-refractivity contribution is -0.137. The first kappa shape index (κ1) is 39.1. The van der Waals surface area contributed by atoms with Gasteiger partial charge in [-0.1, -0.05) is 39.0 Å². The number of amides is 3. The molecular weight excluding hydrogens is 747 g/mol. The van der Waals surface area contributed by atoms with Crippen molar-refractivity contribution in [2.45, 2.75) is 116 Å². The molecule has 59 heavy (non-hydrogen) atoms. The Bertz CT molecular complexity index is 2400. The number of carbonyl (C=O) groups excluding carboxylic acids is 3. The molecular formula is C46H55N7O6. The van der Waals surface area contributed by atoms with Crippen LogP contribution in [-0.2, 0) is 25.7 Å². The van der Waals surface area contributed by atoms with Crippen molar-refractivity contribution in [2.75, 3.05) is 20.3 Å². The predicted molar refractivity (Wildman–Crippen MR) is 224 cm³/mol. The number of nitrogens with one attached hydrogen (secondary N) is 3. The number of ether oxygens (including phenoxy) is 3. The van der Waals surface area contributed by atoms with Gasteiger partial charge in [0.2, 0.25) is 11.8 Å². The number of alkyl carbamates (subject to hydrolysis) is 1. The number of likely N-dealkylation sites (tertiary alicyclic amines) is 2. The van der Waals surface area contributed by atoms with Crippen LogP contribution in [0.1, 0.15) is 108 Å². The van der Waals surface area contributed by atoms with Crippen LogP contribution in [0, 0.1) is 11.8 Å². The van der Waals surface area contributed by atoms with Gasteiger partial charge in [0.25, 0.3) is 0 Å². The standard InChI is InChI=1S/C46H55N7O6/c1-6-31-12-16-38(53(31)40(54)18-27-8-7-17-58-23-27)44-48-35-14-11-28-20-34-32-13-10-29(19-30(32)24-59-39(34)21-33(28)42(35)50-44)36-22-47-43(49-36)37-15-9-26(4)52(37)45(55)41(25(2)3)51-46(56)57-5/h10-11,13-14,19-22,25-27,31,37-38,41H,6-9,12,15-18,23-24H2,1-5H3,(H,47,49)(H,48,50)(H,51,56)/t26-,27+,31-,37-,38-,41?/m0/s1. The minimum Gasteiger partial charge on any atom is -0.488 e. The van der Waals surface area contributed by atoms with E-state index in [0.29, 0.717) is 19.6 Å². The number of hydrogen-bond donors (Lipinski definition) is 3. The van der Waals surface area contributed by atoms with E-state index >= 15 is 0 Å². The van der Waals surface area contributed by atoms with Crippen LogP contribution in [0.3, 0.4) is 0 Å². The van der Waals surface area contributed by atoms with Crippen LogP contribution in [0.2, 0.25) is 0 Å². The molecule has 3 fully saturated rings. The summed E-state index contributed by atoms with van der Waals surface area (Å²) in [6.45, 7) is 9.93. The number of benzene rings is 3. The zero-order valence-electron chi connectivity index (χ0n) is 34.7. The third-order valence-electron chi connectivity index (χ3n) is 13.2. The lowest BCUT2D eigenvalue weighted by Crippen LogP contribution is -2.52. The molecule has 13 nitrogen and oxygen atoms in total. The maximum atomic E-state index is 13.9. The zero-order chi connectivity index (χ0) is 40.9. The van der Waals surface area contributed by atoms with Gasteiger partial charge in [-0.25, -0.2) is 14.8 Å². The van der Waals surface area contributed by atoms with E-state index in [4.69, 9.17) is 24.2 Å². The van der Waals surface area contributed by atoms with Gasteiger partial charge in [-0.3, -0.25) is 9.59 Å². The third kappa shape index (κ3) is 7.21. The Kier molecular flexibility index (Phi) is 10.6. The number of rotatable bonds is 9. The summed E-state index contributed by atoms with van der Waals surface area (Å²) in [5.74, 6) is 2.65. The summed E-state index contributed by atoms with van der Waals surface area (Å²) in [6, 6.07) is 14.1. The molecule has 0 spiro atoms. The molecule has 3 N–H and O–H groups in total. The molecule has 3 aromatic carbocycles. The Morgan fingerprint density at radius 3 is 2.58 bits per heavy atom. The van der Waals surface area contributed by atoms with Crippen LogP contribution in [0.15, 0.2) is 48.7 Å². The van der Waals surface area contributed by atoms with Crippen LogP contribution in [0.4, 0.5) is 4.79 Å². The molecule has 9 rings (SSSR count). The Hall–Kier alpha value is -5.43. The molecule has 4 aliphatic heterocycles. The average Bonchev–Trinajstić information content (AvgIpc) is 4.07. The van der Waals surface area contributed by atoms with Gasteiger partial charge in [-0.05, 0) is 110 Å². The lowest BCUT2D eigenvalue weighted by atomic mass is 9.92. The maximum absolute atomic E-state index is 13.9. The van der Waals surface area contributed by atoms with Crippen molar-refractivity contribution in [2.24, 2.45) is 11.8 Å². The molecule has 0 saturated carbocycles. The fraction of sp³-hybridized carbons (Fsp3) is 0.500. The second-order valence-electron chi connectivity index (χ2n) is 17.3. The van der Waals surface area contributed by atoms with Crippen molar-refractivity contribution in [1.29, 1.82) is 0 Å². The Morgan fingerprint density at radius 2 is 1.80 bits per heavy atom. The van der Waals surface area contributed by atoms with Gasteiger partial charge in [0.15, 0.2) is 0 Å². The fourth-order valence-corrected chi connectivity index (χ4v) is 10.0. The van der Waals surface area contributed by atoms with Crippen LogP contribution < -0.4 is 10.1 Å². The second kappa shape index (κ2) is 16.0. The Labute approximate surface area is 344 Å². The van der Waals surface area contributed by atoms with Crippen molar-refractivity contribution >= 4 is 39.7 Å². The molecule has 5 aromatic rings. The first-order valence-electron chi connectivity index (χ1n) is 21.4. The van der Waals surface area contributed by atoms with Gasteiger partial charge in [0.1, 0.15) is 30.0 Å². The van der Waals surface area contributed by atoms with Crippen molar-refractivity contribution < 1.29 is 28.6 Å². The minimum absolute atomic E-state index is 0.000897.